The van der Waals surface area contributed by atoms with Gasteiger partial charge in [0.25, 0.3) is 0 Å². The van der Waals surface area contributed by atoms with Crippen LogP contribution < -0.4 is 10.1 Å². The van der Waals surface area contributed by atoms with Gasteiger partial charge in [0.2, 0.25) is 0 Å². The van der Waals surface area contributed by atoms with Crippen molar-refractivity contribution in [2.24, 2.45) is 0 Å². The van der Waals surface area contributed by atoms with Crippen LogP contribution in [0, 0.1) is 0 Å². The Kier molecular flexibility index (Phi) is 4.96. The monoisotopic (exact) mass is 350 g/mol. The number of ether oxygens (including phenoxy) is 2. The van der Waals surface area contributed by atoms with E-state index in [1.807, 2.05) is 6.07 Å². The van der Waals surface area contributed by atoms with Gasteiger partial charge in [0.05, 0.1) is 13.7 Å². The summed E-state index contributed by atoms with van der Waals surface area (Å²) in [7, 11) is 3.46. The Labute approximate surface area is 154 Å². The first-order chi connectivity index (χ1) is 12.8. The third-order valence-electron chi connectivity index (χ3n) is 5.26. The van der Waals surface area contributed by atoms with Gasteiger partial charge in [-0.3, -0.25) is 0 Å². The van der Waals surface area contributed by atoms with Crippen LogP contribution in [0.5, 0.6) is 5.75 Å². The molecule has 0 atom stereocenters. The Hall–Kier alpha value is -2.30. The molecular formula is C22H26N2O2. The molecule has 1 aliphatic rings. The summed E-state index contributed by atoms with van der Waals surface area (Å²) >= 11 is 0. The van der Waals surface area contributed by atoms with Gasteiger partial charge in [-0.1, -0.05) is 18.2 Å². The second-order valence-corrected chi connectivity index (χ2v) is 6.83. The largest absolute Gasteiger partial charge is 0.497 e. The van der Waals surface area contributed by atoms with E-state index in [2.05, 4.69) is 46.3 Å². The molecule has 2 heterocycles. The third kappa shape index (κ3) is 3.22. The molecule has 3 aromatic rings. The number of nitrogens with one attached hydrogen (secondary N) is 1. The van der Waals surface area contributed by atoms with E-state index in [-0.39, 0.29) is 0 Å². The summed E-state index contributed by atoms with van der Waals surface area (Å²) in [6, 6.07) is 15.5. The number of rotatable bonds is 5. The van der Waals surface area contributed by atoms with Crippen molar-refractivity contribution in [3.8, 4) is 16.9 Å². The van der Waals surface area contributed by atoms with Crippen LogP contribution >= 0.6 is 0 Å². The van der Waals surface area contributed by atoms with Gasteiger partial charge in [0.1, 0.15) is 5.75 Å². The first-order valence-corrected chi connectivity index (χ1v) is 9.29. The van der Waals surface area contributed by atoms with Crippen molar-refractivity contribution in [2.45, 2.75) is 19.4 Å². The molecule has 26 heavy (non-hydrogen) atoms. The van der Waals surface area contributed by atoms with Crippen molar-refractivity contribution in [1.82, 2.24) is 9.88 Å². The minimum atomic E-state index is 0.703. The van der Waals surface area contributed by atoms with E-state index in [0.717, 1.165) is 38.2 Å². The molecule has 0 saturated heterocycles. The van der Waals surface area contributed by atoms with Crippen LogP contribution in [-0.4, -0.2) is 38.5 Å². The molecule has 0 saturated carbocycles. The molecule has 0 bridgehead atoms. The summed E-state index contributed by atoms with van der Waals surface area (Å²) in [5, 5.41) is 4.82. The first-order valence-electron chi connectivity index (χ1n) is 9.29. The fourth-order valence-electron chi connectivity index (χ4n) is 3.88. The molecule has 1 aliphatic heterocycles. The maximum Gasteiger partial charge on any atom is 0.119 e. The SMILES string of the molecule is COCCc1cc(OC)ccc1-c1ccc2cc3n(c2c1)CCNCC3. The Balaban J connectivity index is 1.80. The van der Waals surface area contributed by atoms with Gasteiger partial charge < -0.3 is 19.4 Å². The van der Waals surface area contributed by atoms with Crippen molar-refractivity contribution < 1.29 is 9.47 Å². The fraction of sp³-hybridized carbons (Fsp3) is 0.364. The van der Waals surface area contributed by atoms with Gasteiger partial charge in [-0.05, 0) is 52.8 Å². The Morgan fingerprint density at radius 1 is 1.04 bits per heavy atom. The van der Waals surface area contributed by atoms with Crippen LogP contribution in [0.15, 0.2) is 42.5 Å². The van der Waals surface area contributed by atoms with E-state index >= 15 is 0 Å². The molecule has 1 aromatic heterocycles. The van der Waals surface area contributed by atoms with Crippen LogP contribution in [-0.2, 0) is 24.1 Å². The summed E-state index contributed by atoms with van der Waals surface area (Å²) in [5.74, 6) is 0.892. The summed E-state index contributed by atoms with van der Waals surface area (Å²) in [4.78, 5) is 0. The van der Waals surface area contributed by atoms with Crippen molar-refractivity contribution in [3.05, 3.63) is 53.7 Å². The van der Waals surface area contributed by atoms with Gasteiger partial charge in [-0.2, -0.15) is 0 Å². The summed E-state index contributed by atoms with van der Waals surface area (Å²) in [6.07, 6.45) is 1.96. The quantitative estimate of drug-likeness (QED) is 0.763. The fourth-order valence-corrected chi connectivity index (χ4v) is 3.88. The molecule has 4 heteroatoms. The van der Waals surface area contributed by atoms with Crippen LogP contribution in [0.1, 0.15) is 11.3 Å². The van der Waals surface area contributed by atoms with Gasteiger partial charge >= 0.3 is 0 Å². The van der Waals surface area contributed by atoms with Crippen molar-refractivity contribution in [1.29, 1.82) is 0 Å². The van der Waals surface area contributed by atoms with Gasteiger partial charge in [0.15, 0.2) is 0 Å². The van der Waals surface area contributed by atoms with E-state index in [1.165, 1.54) is 33.3 Å². The standard InChI is InChI=1S/C22H26N2O2/c1-25-12-8-17-14-20(26-2)5-6-21(17)16-3-4-18-13-19-7-9-23-10-11-24(19)22(18)15-16/h3-6,13-15,23H,7-12H2,1-2H3. The second kappa shape index (κ2) is 7.52. The topological polar surface area (TPSA) is 35.4 Å². The minimum absolute atomic E-state index is 0.703. The number of aromatic nitrogens is 1. The number of hydrogen-bond donors (Lipinski definition) is 1. The Morgan fingerprint density at radius 2 is 1.96 bits per heavy atom. The molecule has 2 aromatic carbocycles. The molecule has 1 N–H and O–H groups in total. The van der Waals surface area contributed by atoms with Crippen LogP contribution in [0.25, 0.3) is 22.0 Å². The lowest BCUT2D eigenvalue weighted by Gasteiger charge is -2.13. The summed E-state index contributed by atoms with van der Waals surface area (Å²) in [6.45, 7) is 3.82. The lowest BCUT2D eigenvalue weighted by molar-refractivity contribution is 0.202. The summed E-state index contributed by atoms with van der Waals surface area (Å²) in [5.41, 5.74) is 6.53. The summed E-state index contributed by atoms with van der Waals surface area (Å²) < 4.78 is 13.2. The highest BCUT2D eigenvalue weighted by Crippen LogP contribution is 2.32. The smallest absolute Gasteiger partial charge is 0.119 e. The number of hydrogen-bond acceptors (Lipinski definition) is 3. The molecule has 4 rings (SSSR count). The maximum absolute atomic E-state index is 5.42. The van der Waals surface area contributed by atoms with Gasteiger partial charge in [-0.15, -0.1) is 0 Å². The Morgan fingerprint density at radius 3 is 2.81 bits per heavy atom. The zero-order valence-corrected chi connectivity index (χ0v) is 15.5. The number of benzene rings is 2. The van der Waals surface area contributed by atoms with Crippen LogP contribution in [0.2, 0.25) is 0 Å². The average Bonchev–Trinajstić information content (AvgIpc) is 2.85. The lowest BCUT2D eigenvalue weighted by Crippen LogP contribution is -2.17. The lowest BCUT2D eigenvalue weighted by atomic mass is 9.97. The number of fused-ring (bicyclic) bond motifs is 3. The van der Waals surface area contributed by atoms with E-state index in [4.69, 9.17) is 9.47 Å². The molecule has 0 unspecified atom stereocenters. The molecule has 0 spiro atoms. The first kappa shape index (κ1) is 17.1. The normalized spacial score (nSPS) is 14.2. The van der Waals surface area contributed by atoms with E-state index < -0.39 is 0 Å². The molecule has 0 amide bonds. The zero-order valence-electron chi connectivity index (χ0n) is 15.5. The van der Waals surface area contributed by atoms with Crippen molar-refractivity contribution >= 4 is 10.9 Å². The number of nitrogens with zero attached hydrogens (tertiary/aromatic N) is 1. The molecule has 0 fully saturated rings. The molecular weight excluding hydrogens is 324 g/mol. The van der Waals surface area contributed by atoms with Gasteiger partial charge in [-0.25, -0.2) is 0 Å². The van der Waals surface area contributed by atoms with Gasteiger partial charge in [0, 0.05) is 44.4 Å². The van der Waals surface area contributed by atoms with E-state index in [9.17, 15) is 0 Å². The maximum atomic E-state index is 5.42. The van der Waals surface area contributed by atoms with Crippen LogP contribution in [0.3, 0.4) is 0 Å². The second-order valence-electron chi connectivity index (χ2n) is 6.83. The molecule has 0 radical (unpaired) electrons. The highest BCUT2D eigenvalue weighted by molar-refractivity contribution is 5.87. The molecule has 136 valence electrons. The van der Waals surface area contributed by atoms with E-state index in [0.29, 0.717) is 6.61 Å². The predicted octanol–water partition coefficient (Wildman–Crippen LogP) is 3.65. The third-order valence-corrected chi connectivity index (χ3v) is 5.26. The van der Waals surface area contributed by atoms with Crippen LogP contribution in [0.4, 0.5) is 0 Å². The average molecular weight is 350 g/mol. The van der Waals surface area contributed by atoms with E-state index in [1.54, 1.807) is 14.2 Å². The number of methoxy groups -OCH3 is 2. The Bertz CT molecular complexity index is 914. The highest BCUT2D eigenvalue weighted by Gasteiger charge is 2.14. The molecule has 4 nitrogen and oxygen atoms in total. The minimum Gasteiger partial charge on any atom is -0.497 e. The zero-order chi connectivity index (χ0) is 17.9. The highest BCUT2D eigenvalue weighted by atomic mass is 16.5. The van der Waals surface area contributed by atoms with Crippen molar-refractivity contribution in [3.63, 3.8) is 0 Å². The predicted molar refractivity (Wildman–Crippen MR) is 106 cm³/mol. The molecule has 0 aliphatic carbocycles. The van der Waals surface area contributed by atoms with Crippen molar-refractivity contribution in [2.75, 3.05) is 33.9 Å².